The fourth-order valence-corrected chi connectivity index (χ4v) is 3.17. The molecule has 96 valence electrons. The Kier molecular flexibility index (Phi) is 4.82. The van der Waals surface area contributed by atoms with Gasteiger partial charge in [-0.1, -0.05) is 26.2 Å². The van der Waals surface area contributed by atoms with E-state index < -0.39 is 0 Å². The van der Waals surface area contributed by atoms with Crippen LogP contribution < -0.4 is 0 Å². The molecule has 0 spiro atoms. The first-order chi connectivity index (χ1) is 8.35. The third-order valence-electron chi connectivity index (χ3n) is 4.24. The number of hydrogen-bond donors (Lipinski definition) is 0. The number of hydrogen-bond acceptors (Lipinski definition) is 3. The number of ether oxygens (including phenoxy) is 1. The van der Waals surface area contributed by atoms with E-state index in [4.69, 9.17) is 4.74 Å². The lowest BCUT2D eigenvalue weighted by Gasteiger charge is -2.39. The first-order valence-corrected chi connectivity index (χ1v) is 7.10. The maximum absolute atomic E-state index is 9.33. The summed E-state index contributed by atoms with van der Waals surface area (Å²) >= 11 is 0. The van der Waals surface area contributed by atoms with Crippen molar-refractivity contribution in [3.8, 4) is 6.07 Å². The van der Waals surface area contributed by atoms with Gasteiger partial charge in [0, 0.05) is 19.1 Å². The molecule has 3 heteroatoms. The molecule has 0 aromatic heterocycles. The largest absolute Gasteiger partial charge is 0.376 e. The molecule has 2 rings (SSSR count). The zero-order valence-electron chi connectivity index (χ0n) is 10.9. The second kappa shape index (κ2) is 6.37. The van der Waals surface area contributed by atoms with E-state index in [1.165, 1.54) is 25.7 Å². The number of nitriles is 1. The molecule has 0 amide bonds. The molecule has 1 saturated heterocycles. The van der Waals surface area contributed by atoms with E-state index in [2.05, 4.69) is 17.9 Å². The lowest BCUT2D eigenvalue weighted by Crippen LogP contribution is -2.49. The summed E-state index contributed by atoms with van der Waals surface area (Å²) in [5.41, 5.74) is 0. The molecule has 3 unspecified atom stereocenters. The molecule has 0 bridgehead atoms. The first-order valence-electron chi connectivity index (χ1n) is 7.10. The van der Waals surface area contributed by atoms with E-state index in [0.717, 1.165) is 32.5 Å². The maximum atomic E-state index is 9.33. The molecule has 0 radical (unpaired) electrons. The van der Waals surface area contributed by atoms with Crippen molar-refractivity contribution in [1.82, 2.24) is 4.90 Å². The number of morpholine rings is 1. The van der Waals surface area contributed by atoms with Gasteiger partial charge in [-0.05, 0) is 19.3 Å². The minimum absolute atomic E-state index is 0.244. The van der Waals surface area contributed by atoms with Crippen LogP contribution in [0, 0.1) is 17.2 Å². The van der Waals surface area contributed by atoms with Gasteiger partial charge in [0.05, 0.1) is 24.7 Å². The SMILES string of the molecule is CCC1CN(C2CCCCCC2C#N)CCO1. The summed E-state index contributed by atoms with van der Waals surface area (Å²) in [7, 11) is 0. The van der Waals surface area contributed by atoms with Crippen LogP contribution in [0.4, 0.5) is 0 Å². The zero-order chi connectivity index (χ0) is 12.1. The lowest BCUT2D eigenvalue weighted by atomic mass is 9.94. The van der Waals surface area contributed by atoms with Gasteiger partial charge in [-0.25, -0.2) is 0 Å². The Labute approximate surface area is 105 Å². The normalized spacial score (nSPS) is 36.1. The summed E-state index contributed by atoms with van der Waals surface area (Å²) in [6.45, 7) is 5.06. The van der Waals surface area contributed by atoms with Crippen molar-refractivity contribution < 1.29 is 4.74 Å². The van der Waals surface area contributed by atoms with Gasteiger partial charge >= 0.3 is 0 Å². The molecule has 17 heavy (non-hydrogen) atoms. The van der Waals surface area contributed by atoms with Crippen LogP contribution in [-0.2, 0) is 4.74 Å². The molecular formula is C14H24N2O. The highest BCUT2D eigenvalue weighted by Crippen LogP contribution is 2.28. The average molecular weight is 236 g/mol. The molecule has 3 atom stereocenters. The molecule has 1 aliphatic heterocycles. The molecule has 3 nitrogen and oxygen atoms in total. The minimum atomic E-state index is 0.244. The molecule has 0 aromatic carbocycles. The minimum Gasteiger partial charge on any atom is -0.376 e. The van der Waals surface area contributed by atoms with Gasteiger partial charge in [0.25, 0.3) is 0 Å². The summed E-state index contributed by atoms with van der Waals surface area (Å²) in [5, 5.41) is 9.33. The Morgan fingerprint density at radius 2 is 2.12 bits per heavy atom. The van der Waals surface area contributed by atoms with Crippen LogP contribution >= 0.6 is 0 Å². The lowest BCUT2D eigenvalue weighted by molar-refractivity contribution is -0.0506. The van der Waals surface area contributed by atoms with Gasteiger partial charge < -0.3 is 4.74 Å². The Balaban J connectivity index is 2.00. The average Bonchev–Trinajstić information content (AvgIpc) is 2.63. The highest BCUT2D eigenvalue weighted by Gasteiger charge is 2.31. The molecule has 1 heterocycles. The maximum Gasteiger partial charge on any atom is 0.0700 e. The fraction of sp³-hybridized carbons (Fsp3) is 0.929. The van der Waals surface area contributed by atoms with Crippen molar-refractivity contribution in [3.05, 3.63) is 0 Å². The van der Waals surface area contributed by atoms with Crippen molar-refractivity contribution in [3.63, 3.8) is 0 Å². The molecule has 0 aromatic rings. The van der Waals surface area contributed by atoms with Crippen LogP contribution in [0.1, 0.15) is 45.4 Å². The number of nitrogens with zero attached hydrogens (tertiary/aromatic N) is 2. The van der Waals surface area contributed by atoms with E-state index >= 15 is 0 Å². The molecule has 1 aliphatic carbocycles. The van der Waals surface area contributed by atoms with Crippen LogP contribution in [0.15, 0.2) is 0 Å². The Morgan fingerprint density at radius 3 is 2.88 bits per heavy atom. The molecular weight excluding hydrogens is 212 g/mol. The van der Waals surface area contributed by atoms with Crippen molar-refractivity contribution in [2.75, 3.05) is 19.7 Å². The topological polar surface area (TPSA) is 36.3 Å². The smallest absolute Gasteiger partial charge is 0.0700 e. The number of rotatable bonds is 2. The van der Waals surface area contributed by atoms with E-state index in [-0.39, 0.29) is 5.92 Å². The fourth-order valence-electron chi connectivity index (χ4n) is 3.17. The summed E-state index contributed by atoms with van der Waals surface area (Å²) in [4.78, 5) is 2.52. The van der Waals surface area contributed by atoms with Crippen molar-refractivity contribution in [1.29, 1.82) is 5.26 Å². The Bertz CT molecular complexity index is 274. The van der Waals surface area contributed by atoms with Crippen LogP contribution in [0.2, 0.25) is 0 Å². The quantitative estimate of drug-likeness (QED) is 0.691. The van der Waals surface area contributed by atoms with Gasteiger partial charge in [-0.15, -0.1) is 0 Å². The van der Waals surface area contributed by atoms with Gasteiger partial charge in [-0.3, -0.25) is 4.90 Å². The van der Waals surface area contributed by atoms with Crippen LogP contribution in [0.3, 0.4) is 0 Å². The van der Waals surface area contributed by atoms with Crippen molar-refractivity contribution in [2.45, 2.75) is 57.6 Å². The summed E-state index contributed by atoms with van der Waals surface area (Å²) in [6.07, 6.45) is 7.58. The Morgan fingerprint density at radius 1 is 1.29 bits per heavy atom. The first kappa shape index (κ1) is 12.9. The predicted molar refractivity (Wildman–Crippen MR) is 67.6 cm³/mol. The standard InChI is InChI=1S/C14H24N2O/c1-2-13-11-16(8-9-17-13)14-7-5-3-4-6-12(14)10-15/h12-14H,2-9,11H2,1H3. The van der Waals surface area contributed by atoms with Gasteiger partial charge in [-0.2, -0.15) is 5.26 Å². The van der Waals surface area contributed by atoms with Crippen LogP contribution in [-0.4, -0.2) is 36.7 Å². The highest BCUT2D eigenvalue weighted by molar-refractivity contribution is 4.95. The van der Waals surface area contributed by atoms with E-state index in [1.54, 1.807) is 0 Å². The summed E-state index contributed by atoms with van der Waals surface area (Å²) < 4.78 is 5.72. The van der Waals surface area contributed by atoms with Crippen LogP contribution in [0.5, 0.6) is 0 Å². The van der Waals surface area contributed by atoms with Gasteiger partial charge in [0.15, 0.2) is 0 Å². The summed E-state index contributed by atoms with van der Waals surface area (Å²) in [5.74, 6) is 0.244. The van der Waals surface area contributed by atoms with Gasteiger partial charge in [0.1, 0.15) is 0 Å². The second-order valence-electron chi connectivity index (χ2n) is 5.34. The second-order valence-corrected chi connectivity index (χ2v) is 5.34. The molecule has 2 fully saturated rings. The predicted octanol–water partition coefficient (Wildman–Crippen LogP) is 2.57. The van der Waals surface area contributed by atoms with Crippen molar-refractivity contribution in [2.24, 2.45) is 5.92 Å². The highest BCUT2D eigenvalue weighted by atomic mass is 16.5. The molecule has 1 saturated carbocycles. The molecule has 0 N–H and O–H groups in total. The van der Waals surface area contributed by atoms with E-state index in [1.807, 2.05) is 0 Å². The van der Waals surface area contributed by atoms with E-state index in [0.29, 0.717) is 12.1 Å². The van der Waals surface area contributed by atoms with E-state index in [9.17, 15) is 5.26 Å². The van der Waals surface area contributed by atoms with Crippen LogP contribution in [0.25, 0.3) is 0 Å². The summed E-state index contributed by atoms with van der Waals surface area (Å²) in [6, 6.07) is 3.03. The van der Waals surface area contributed by atoms with Gasteiger partial charge in [0.2, 0.25) is 0 Å². The molecule has 2 aliphatic rings. The Hall–Kier alpha value is -0.590. The van der Waals surface area contributed by atoms with Crippen molar-refractivity contribution >= 4 is 0 Å². The third-order valence-corrected chi connectivity index (χ3v) is 4.24. The third kappa shape index (κ3) is 3.20. The monoisotopic (exact) mass is 236 g/mol. The zero-order valence-corrected chi connectivity index (χ0v) is 10.9.